The molecule has 35 heavy (non-hydrogen) atoms. The lowest BCUT2D eigenvalue weighted by Crippen LogP contribution is -2.21. The van der Waals surface area contributed by atoms with Crippen molar-refractivity contribution in [3.8, 4) is 0 Å². The average Bonchev–Trinajstić information content (AvgIpc) is 3.17. The van der Waals surface area contributed by atoms with Crippen LogP contribution in [0.1, 0.15) is 17.3 Å². The predicted octanol–water partition coefficient (Wildman–Crippen LogP) is 5.77. The fraction of sp³-hybridized carbons (Fsp3) is 0.115. The normalized spacial score (nSPS) is 11.1. The Kier molecular flexibility index (Phi) is 6.97. The zero-order chi connectivity index (χ0) is 25.8. The Hall–Kier alpha value is -3.81. The fourth-order valence-corrected chi connectivity index (χ4v) is 4.13. The van der Waals surface area contributed by atoms with Gasteiger partial charge in [0, 0.05) is 35.6 Å². The Labute approximate surface area is 213 Å². The summed E-state index contributed by atoms with van der Waals surface area (Å²) in [5, 5.41) is 7.32. The molecule has 3 aromatic carbocycles. The van der Waals surface area contributed by atoms with Gasteiger partial charge in [-0.1, -0.05) is 53.5 Å². The lowest BCUT2D eigenvalue weighted by molar-refractivity contribution is -0.146. The highest BCUT2D eigenvalue weighted by molar-refractivity contribution is 6.39. The van der Waals surface area contributed by atoms with E-state index >= 15 is 0 Å². The zero-order valence-electron chi connectivity index (χ0n) is 19.6. The molecule has 0 saturated heterocycles. The number of nitrogens with one attached hydrogen (secondary N) is 2. The molecule has 2 N–H and O–H groups in total. The number of aromatic nitrogens is 1. The molecule has 0 radical (unpaired) electrons. The maximum atomic E-state index is 12.5. The van der Waals surface area contributed by atoms with Crippen LogP contribution in [-0.4, -0.2) is 29.3 Å². The summed E-state index contributed by atoms with van der Waals surface area (Å²) in [6.07, 6.45) is 0.716. The predicted molar refractivity (Wildman–Crippen MR) is 138 cm³/mol. The van der Waals surface area contributed by atoms with Gasteiger partial charge in [-0.15, -0.1) is 0 Å². The molecule has 0 saturated carbocycles. The first-order chi connectivity index (χ1) is 17.2. The van der Waals surface area contributed by atoms with Crippen molar-refractivity contribution in [1.29, 1.82) is 0 Å². The van der Waals surface area contributed by atoms with Crippen LogP contribution in [0.4, 0.5) is 17.1 Å². The van der Waals surface area contributed by atoms with Gasteiger partial charge in [-0.2, -0.15) is 0 Å². The number of carbonyl (C=O) groups excluding carboxylic acids is 3. The highest BCUT2D eigenvalue weighted by Crippen LogP contribution is 2.33. The minimum Gasteiger partial charge on any atom is -0.455 e. The molecule has 1 amide bonds. The van der Waals surface area contributed by atoms with E-state index < -0.39 is 24.7 Å². The number of ether oxygens (including phenoxy) is 1. The molecular formula is C26H21Cl2N3O4. The number of benzene rings is 3. The Morgan fingerprint density at radius 1 is 1.09 bits per heavy atom. The number of nitrogens with zero attached hydrogens (tertiary/aromatic N) is 1. The van der Waals surface area contributed by atoms with Crippen LogP contribution >= 0.6 is 23.2 Å². The molecular weight excluding hydrogens is 489 g/mol. The number of rotatable bonds is 8. The third-order valence-corrected chi connectivity index (χ3v) is 5.95. The van der Waals surface area contributed by atoms with Crippen LogP contribution in [-0.2, 0) is 27.8 Å². The Morgan fingerprint density at radius 3 is 2.57 bits per heavy atom. The third kappa shape index (κ3) is 5.65. The molecule has 1 heterocycles. The number of halogens is 2. The van der Waals surface area contributed by atoms with E-state index in [-0.39, 0.29) is 12.0 Å². The van der Waals surface area contributed by atoms with E-state index in [1.807, 2.05) is 6.07 Å². The standard InChI is InChI=1S/C26H21Cl2N3O4/c1-31-13-17(14-32)19-10-9-18(12-23(19)31)29-24(33)15-35-25(34)11-16-5-2-3-8-22(16)30-26-20(27)6-4-7-21(26)28/h2-10,12-14,30H,11,15H2,1H3,(H,29,33)/i14D. The van der Waals surface area contributed by atoms with Crippen LogP contribution in [0, 0.1) is 0 Å². The smallest absolute Gasteiger partial charge is 0.310 e. The first kappa shape index (κ1) is 23.0. The van der Waals surface area contributed by atoms with Crippen molar-refractivity contribution in [3.05, 3.63) is 88.0 Å². The van der Waals surface area contributed by atoms with Crippen LogP contribution in [0.15, 0.2) is 66.9 Å². The number of hydrogen-bond donors (Lipinski definition) is 2. The fourth-order valence-electron chi connectivity index (χ4n) is 3.64. The van der Waals surface area contributed by atoms with Crippen molar-refractivity contribution < 1.29 is 20.5 Å². The van der Waals surface area contributed by atoms with Crippen molar-refractivity contribution in [2.24, 2.45) is 7.05 Å². The Balaban J connectivity index is 1.37. The molecule has 0 aliphatic carbocycles. The number of anilines is 3. The van der Waals surface area contributed by atoms with Gasteiger partial charge in [0.2, 0.25) is 0 Å². The van der Waals surface area contributed by atoms with Gasteiger partial charge in [0.05, 0.1) is 27.7 Å². The molecule has 0 fully saturated rings. The summed E-state index contributed by atoms with van der Waals surface area (Å²) < 4.78 is 14.2. The van der Waals surface area contributed by atoms with Gasteiger partial charge in [-0.25, -0.2) is 0 Å². The van der Waals surface area contributed by atoms with Gasteiger partial charge in [0.25, 0.3) is 5.91 Å². The summed E-state index contributed by atoms with van der Waals surface area (Å²) in [6, 6.07) is 17.2. The maximum Gasteiger partial charge on any atom is 0.310 e. The SMILES string of the molecule is [2H]C(=O)c1cn(C)c2cc(NC(=O)COC(=O)Cc3ccccc3Nc3c(Cl)cccc3Cl)ccc12. The maximum absolute atomic E-state index is 12.5. The minimum absolute atomic E-state index is 0.0717. The van der Waals surface area contributed by atoms with Crippen LogP contribution in [0.3, 0.4) is 0 Å². The number of hydrogen-bond acceptors (Lipinski definition) is 5. The quantitative estimate of drug-likeness (QED) is 0.232. The van der Waals surface area contributed by atoms with E-state index in [0.717, 1.165) is 0 Å². The monoisotopic (exact) mass is 510 g/mol. The van der Waals surface area contributed by atoms with Crippen molar-refractivity contribution in [2.45, 2.75) is 6.42 Å². The molecule has 0 aliphatic heterocycles. The van der Waals surface area contributed by atoms with E-state index in [0.29, 0.717) is 43.6 Å². The Bertz CT molecular complexity index is 1470. The molecule has 0 spiro atoms. The van der Waals surface area contributed by atoms with Crippen LogP contribution in [0.25, 0.3) is 10.9 Å². The van der Waals surface area contributed by atoms with Crippen LogP contribution < -0.4 is 10.6 Å². The first-order valence-corrected chi connectivity index (χ1v) is 11.3. The first-order valence-electron chi connectivity index (χ1n) is 11.1. The van der Waals surface area contributed by atoms with Gasteiger partial charge in [-0.05, 0) is 35.9 Å². The van der Waals surface area contributed by atoms with E-state index in [9.17, 15) is 14.4 Å². The van der Waals surface area contributed by atoms with Gasteiger partial charge in [0.1, 0.15) is 1.37 Å². The van der Waals surface area contributed by atoms with Gasteiger partial charge < -0.3 is 19.9 Å². The molecule has 1 aromatic heterocycles. The molecule has 0 atom stereocenters. The minimum atomic E-state index is -0.781. The second-order valence-electron chi connectivity index (χ2n) is 7.75. The number of carbonyl (C=O) groups is 3. The highest BCUT2D eigenvalue weighted by atomic mass is 35.5. The second kappa shape index (κ2) is 10.6. The average molecular weight is 511 g/mol. The van der Waals surface area contributed by atoms with Gasteiger partial charge in [-0.3, -0.25) is 14.4 Å². The molecule has 7 nitrogen and oxygen atoms in total. The molecule has 0 aliphatic rings. The second-order valence-corrected chi connectivity index (χ2v) is 8.57. The number of aldehydes is 1. The largest absolute Gasteiger partial charge is 0.455 e. The number of fused-ring (bicyclic) bond motifs is 1. The summed E-state index contributed by atoms with van der Waals surface area (Å²) in [5.41, 5.74) is 3.24. The van der Waals surface area contributed by atoms with E-state index in [1.54, 1.807) is 72.4 Å². The summed E-state index contributed by atoms with van der Waals surface area (Å²) in [5.74, 6) is -1.09. The van der Waals surface area contributed by atoms with Crippen molar-refractivity contribution in [2.75, 3.05) is 17.2 Å². The number of esters is 1. The summed E-state index contributed by atoms with van der Waals surface area (Å²) in [4.78, 5) is 36.3. The van der Waals surface area contributed by atoms with E-state index in [1.165, 1.54) is 0 Å². The zero-order valence-corrected chi connectivity index (χ0v) is 20.1. The molecule has 0 bridgehead atoms. The third-order valence-electron chi connectivity index (χ3n) is 5.32. The van der Waals surface area contributed by atoms with Gasteiger partial charge in [0.15, 0.2) is 12.9 Å². The van der Waals surface area contributed by atoms with Crippen LogP contribution in [0.2, 0.25) is 10.0 Å². The topological polar surface area (TPSA) is 89.4 Å². The van der Waals surface area contributed by atoms with Gasteiger partial charge >= 0.3 is 5.97 Å². The summed E-state index contributed by atoms with van der Waals surface area (Å²) in [6.45, 7) is -0.466. The molecule has 0 unspecified atom stereocenters. The number of aryl methyl sites for hydroxylation is 1. The molecule has 9 heteroatoms. The lowest BCUT2D eigenvalue weighted by atomic mass is 10.1. The highest BCUT2D eigenvalue weighted by Gasteiger charge is 2.14. The van der Waals surface area contributed by atoms with E-state index in [4.69, 9.17) is 29.3 Å². The molecule has 4 rings (SSSR count). The summed E-state index contributed by atoms with van der Waals surface area (Å²) >= 11 is 12.5. The van der Waals surface area contributed by atoms with E-state index in [2.05, 4.69) is 10.6 Å². The number of amides is 1. The lowest BCUT2D eigenvalue weighted by Gasteiger charge is -2.14. The molecule has 4 aromatic rings. The van der Waals surface area contributed by atoms with Crippen molar-refractivity contribution in [1.82, 2.24) is 4.57 Å². The molecule has 178 valence electrons. The van der Waals surface area contributed by atoms with Crippen molar-refractivity contribution >= 4 is 69.3 Å². The Morgan fingerprint density at radius 2 is 1.83 bits per heavy atom. The van der Waals surface area contributed by atoms with Crippen LogP contribution in [0.5, 0.6) is 0 Å². The number of para-hydroxylation sites is 2. The summed E-state index contributed by atoms with van der Waals surface area (Å²) in [7, 11) is 1.74. The van der Waals surface area contributed by atoms with Crippen molar-refractivity contribution in [3.63, 3.8) is 0 Å².